The van der Waals surface area contributed by atoms with Crippen LogP contribution in [-0.4, -0.2) is 23.9 Å². The monoisotopic (exact) mass is 309 g/mol. The lowest BCUT2D eigenvalue weighted by Crippen LogP contribution is -2.04. The smallest absolute Gasteiger partial charge is 0.119 e. The summed E-state index contributed by atoms with van der Waals surface area (Å²) in [5.74, 6) is 0.857. The third-order valence-electron chi connectivity index (χ3n) is 2.65. The minimum atomic E-state index is 0.724. The number of hydrogen-bond donors (Lipinski definition) is 1. The second-order valence-corrected chi connectivity index (χ2v) is 4.89. The van der Waals surface area contributed by atoms with Gasteiger partial charge in [-0.15, -0.1) is 0 Å². The van der Waals surface area contributed by atoms with E-state index in [1.54, 1.807) is 7.11 Å². The van der Waals surface area contributed by atoms with Gasteiger partial charge in [0.25, 0.3) is 0 Å². The van der Waals surface area contributed by atoms with Crippen LogP contribution in [0.2, 0.25) is 0 Å². The number of hydrogen-bond acceptors (Lipinski definition) is 3. The Hall–Kier alpha value is -1.33. The Balaban J connectivity index is 2.16. The number of halogens is 1. The number of ether oxygens (including phenoxy) is 1. The van der Waals surface area contributed by atoms with Crippen LogP contribution < -0.4 is 10.1 Å². The third kappa shape index (κ3) is 3.11. The lowest BCUT2D eigenvalue weighted by atomic mass is 10.2. The summed E-state index contributed by atoms with van der Waals surface area (Å²) in [6, 6.07) is 5.94. The van der Waals surface area contributed by atoms with Gasteiger partial charge in [0.2, 0.25) is 0 Å². The Kier molecular flexibility index (Phi) is 4.38. The molecule has 0 aliphatic carbocycles. The summed E-state index contributed by atoms with van der Waals surface area (Å²) in [5, 5.41) is 7.45. The first kappa shape index (κ1) is 13.1. The van der Waals surface area contributed by atoms with Gasteiger partial charge < -0.3 is 10.1 Å². The fourth-order valence-electron chi connectivity index (χ4n) is 1.76. The summed E-state index contributed by atoms with van der Waals surface area (Å²) in [6.07, 6.45) is 3.92. The van der Waals surface area contributed by atoms with E-state index in [0.717, 1.165) is 28.9 Å². The molecule has 2 rings (SSSR count). The van der Waals surface area contributed by atoms with Crippen LogP contribution in [0, 0.1) is 0 Å². The fraction of sp³-hybridized carbons (Fsp3) is 0.308. The van der Waals surface area contributed by atoms with E-state index in [2.05, 4.69) is 26.3 Å². The number of benzene rings is 1. The van der Waals surface area contributed by atoms with E-state index < -0.39 is 0 Å². The molecule has 0 aliphatic heterocycles. The quantitative estimate of drug-likeness (QED) is 0.922. The van der Waals surface area contributed by atoms with E-state index in [1.165, 1.54) is 5.56 Å². The molecule has 1 N–H and O–H groups in total. The molecule has 0 amide bonds. The first-order chi connectivity index (χ1) is 8.72. The number of aromatic nitrogens is 2. The highest BCUT2D eigenvalue weighted by molar-refractivity contribution is 9.10. The lowest BCUT2D eigenvalue weighted by molar-refractivity contribution is 0.414. The normalized spacial score (nSPS) is 10.6. The van der Waals surface area contributed by atoms with Crippen molar-refractivity contribution in [3.8, 4) is 5.75 Å². The number of rotatable bonds is 5. The SMILES string of the molecule is CNCc1cnn(Cc2cc(OC)ccc2Br)c1. The van der Waals surface area contributed by atoms with Crippen LogP contribution in [0.3, 0.4) is 0 Å². The van der Waals surface area contributed by atoms with Crippen LogP contribution in [0.4, 0.5) is 0 Å². The van der Waals surface area contributed by atoms with Crippen LogP contribution in [-0.2, 0) is 13.1 Å². The molecule has 1 aromatic heterocycles. The molecule has 5 heteroatoms. The third-order valence-corrected chi connectivity index (χ3v) is 3.43. The van der Waals surface area contributed by atoms with Gasteiger partial charge in [0.1, 0.15) is 5.75 Å². The topological polar surface area (TPSA) is 39.1 Å². The lowest BCUT2D eigenvalue weighted by Gasteiger charge is -2.07. The second kappa shape index (κ2) is 6.02. The summed E-state index contributed by atoms with van der Waals surface area (Å²) in [5.41, 5.74) is 2.32. The van der Waals surface area contributed by atoms with Gasteiger partial charge in [-0.2, -0.15) is 5.10 Å². The predicted molar refractivity (Wildman–Crippen MR) is 74.8 cm³/mol. The molecule has 0 radical (unpaired) electrons. The van der Waals surface area contributed by atoms with Gasteiger partial charge in [-0.25, -0.2) is 0 Å². The molecule has 0 atom stereocenters. The van der Waals surface area contributed by atoms with Gasteiger partial charge in [-0.3, -0.25) is 4.68 Å². The summed E-state index contributed by atoms with van der Waals surface area (Å²) in [4.78, 5) is 0. The molecule has 2 aromatic rings. The van der Waals surface area contributed by atoms with Gasteiger partial charge in [0, 0.05) is 22.8 Å². The maximum Gasteiger partial charge on any atom is 0.119 e. The minimum absolute atomic E-state index is 0.724. The Bertz CT molecular complexity index is 525. The molecular weight excluding hydrogens is 294 g/mol. The van der Waals surface area contributed by atoms with Crippen molar-refractivity contribution in [2.24, 2.45) is 0 Å². The molecule has 0 unspecified atom stereocenters. The van der Waals surface area contributed by atoms with Crippen LogP contribution in [0.25, 0.3) is 0 Å². The number of nitrogens with one attached hydrogen (secondary N) is 1. The highest BCUT2D eigenvalue weighted by Gasteiger charge is 2.04. The van der Waals surface area contributed by atoms with Gasteiger partial charge in [-0.1, -0.05) is 15.9 Å². The van der Waals surface area contributed by atoms with Crippen LogP contribution in [0.1, 0.15) is 11.1 Å². The van der Waals surface area contributed by atoms with E-state index in [9.17, 15) is 0 Å². The highest BCUT2D eigenvalue weighted by atomic mass is 79.9. The van der Waals surface area contributed by atoms with E-state index in [1.807, 2.05) is 42.3 Å². The maximum atomic E-state index is 5.23. The van der Waals surface area contributed by atoms with E-state index in [4.69, 9.17) is 4.74 Å². The molecule has 1 heterocycles. The molecule has 0 fully saturated rings. The van der Waals surface area contributed by atoms with Gasteiger partial charge in [0.05, 0.1) is 19.9 Å². The van der Waals surface area contributed by atoms with E-state index in [-0.39, 0.29) is 0 Å². The predicted octanol–water partition coefficient (Wildman–Crippen LogP) is 2.42. The number of nitrogens with zero attached hydrogens (tertiary/aromatic N) is 2. The molecule has 96 valence electrons. The van der Waals surface area contributed by atoms with E-state index >= 15 is 0 Å². The van der Waals surface area contributed by atoms with E-state index in [0.29, 0.717) is 0 Å². The van der Waals surface area contributed by atoms with Gasteiger partial charge in [0.15, 0.2) is 0 Å². The Morgan fingerprint density at radius 2 is 2.28 bits per heavy atom. The van der Waals surface area contributed by atoms with Crippen LogP contribution in [0.15, 0.2) is 35.1 Å². The molecule has 18 heavy (non-hydrogen) atoms. The molecular formula is C13H16BrN3O. The van der Waals surface area contributed by atoms with Crippen LogP contribution in [0.5, 0.6) is 5.75 Å². The van der Waals surface area contributed by atoms with Crippen molar-refractivity contribution in [1.82, 2.24) is 15.1 Å². The second-order valence-electron chi connectivity index (χ2n) is 4.03. The molecule has 0 spiro atoms. The van der Waals surface area contributed by atoms with Crippen molar-refractivity contribution in [2.45, 2.75) is 13.1 Å². The summed E-state index contributed by atoms with van der Waals surface area (Å²) < 4.78 is 8.22. The Morgan fingerprint density at radius 3 is 3.00 bits per heavy atom. The molecule has 4 nitrogen and oxygen atoms in total. The van der Waals surface area contributed by atoms with Crippen molar-refractivity contribution in [1.29, 1.82) is 0 Å². The summed E-state index contributed by atoms with van der Waals surface area (Å²) in [6.45, 7) is 1.56. The first-order valence-electron chi connectivity index (χ1n) is 5.71. The highest BCUT2D eigenvalue weighted by Crippen LogP contribution is 2.23. The Labute approximate surface area is 115 Å². The standard InChI is InChI=1S/C13H16BrN3O/c1-15-6-10-7-16-17(8-10)9-11-5-12(18-2)3-4-13(11)14/h3-5,7-8,15H,6,9H2,1-2H3. The molecule has 0 aliphatic rings. The summed E-state index contributed by atoms with van der Waals surface area (Å²) in [7, 11) is 3.60. The van der Waals surface area contributed by atoms with Crippen molar-refractivity contribution >= 4 is 15.9 Å². The van der Waals surface area contributed by atoms with Gasteiger partial charge in [-0.05, 0) is 30.8 Å². The first-order valence-corrected chi connectivity index (χ1v) is 6.50. The number of methoxy groups -OCH3 is 1. The minimum Gasteiger partial charge on any atom is -0.497 e. The van der Waals surface area contributed by atoms with Gasteiger partial charge >= 0.3 is 0 Å². The average molecular weight is 310 g/mol. The molecule has 0 bridgehead atoms. The zero-order valence-corrected chi connectivity index (χ0v) is 12.1. The van der Waals surface area contributed by atoms with Crippen molar-refractivity contribution in [3.05, 3.63) is 46.2 Å². The average Bonchev–Trinajstić information content (AvgIpc) is 2.80. The van der Waals surface area contributed by atoms with Crippen molar-refractivity contribution in [2.75, 3.05) is 14.2 Å². The van der Waals surface area contributed by atoms with Crippen LogP contribution >= 0.6 is 15.9 Å². The maximum absolute atomic E-state index is 5.23. The fourth-order valence-corrected chi connectivity index (χ4v) is 2.13. The zero-order valence-electron chi connectivity index (χ0n) is 10.5. The molecule has 0 saturated carbocycles. The van der Waals surface area contributed by atoms with Crippen molar-refractivity contribution in [3.63, 3.8) is 0 Å². The van der Waals surface area contributed by atoms with Crippen molar-refractivity contribution < 1.29 is 4.74 Å². The zero-order chi connectivity index (χ0) is 13.0. The Morgan fingerprint density at radius 1 is 1.44 bits per heavy atom. The molecule has 1 aromatic carbocycles. The summed E-state index contributed by atoms with van der Waals surface area (Å²) >= 11 is 3.55. The largest absolute Gasteiger partial charge is 0.497 e. The molecule has 0 saturated heterocycles.